The summed E-state index contributed by atoms with van der Waals surface area (Å²) in [4.78, 5) is 0. The summed E-state index contributed by atoms with van der Waals surface area (Å²) in [6, 6.07) is 12.5. The topological polar surface area (TPSA) is 18.5 Å². The van der Waals surface area contributed by atoms with Crippen molar-refractivity contribution < 1.29 is 8.85 Å². The van der Waals surface area contributed by atoms with Crippen LogP contribution in [0.2, 0.25) is 6.04 Å². The van der Waals surface area contributed by atoms with Crippen molar-refractivity contribution in [1.82, 2.24) is 0 Å². The fraction of sp³-hybridized carbons (Fsp3) is 0.667. The largest absolute Gasteiger partial charge is 0.394 e. The summed E-state index contributed by atoms with van der Waals surface area (Å²) < 4.78 is 12.8. The standard InChI is InChI=1S/C18H31ClO2Si/c1-3-5-14-20-22(16-10-13-19,21-15-6-4-2)17-18-11-8-7-9-12-18/h7-9,11-12H,3-6,10,13-17H2,1-2H3. The van der Waals surface area contributed by atoms with Gasteiger partial charge in [-0.3, -0.25) is 0 Å². The van der Waals surface area contributed by atoms with Gasteiger partial charge >= 0.3 is 8.56 Å². The van der Waals surface area contributed by atoms with Crippen LogP contribution in [-0.4, -0.2) is 27.7 Å². The van der Waals surface area contributed by atoms with E-state index in [0.29, 0.717) is 5.88 Å². The molecule has 126 valence electrons. The van der Waals surface area contributed by atoms with E-state index in [1.54, 1.807) is 0 Å². The van der Waals surface area contributed by atoms with E-state index < -0.39 is 8.56 Å². The molecule has 0 aliphatic carbocycles. The van der Waals surface area contributed by atoms with Gasteiger partial charge in [0.2, 0.25) is 0 Å². The summed E-state index contributed by atoms with van der Waals surface area (Å²) in [5, 5.41) is 0. The second-order valence-corrected chi connectivity index (χ2v) is 9.40. The Labute approximate surface area is 142 Å². The molecule has 0 saturated heterocycles. The molecule has 4 heteroatoms. The highest BCUT2D eigenvalue weighted by Crippen LogP contribution is 2.23. The predicted octanol–water partition coefficient (Wildman–Crippen LogP) is 5.47. The molecular weight excluding hydrogens is 312 g/mol. The first-order chi connectivity index (χ1) is 10.8. The molecule has 1 aromatic rings. The van der Waals surface area contributed by atoms with E-state index in [9.17, 15) is 0 Å². The zero-order valence-electron chi connectivity index (χ0n) is 14.2. The Kier molecular flexibility index (Phi) is 10.8. The molecule has 0 N–H and O–H groups in total. The van der Waals surface area contributed by atoms with Crippen LogP contribution in [-0.2, 0) is 14.9 Å². The Morgan fingerprint density at radius 1 is 0.909 bits per heavy atom. The van der Waals surface area contributed by atoms with Crippen molar-refractivity contribution in [2.24, 2.45) is 0 Å². The summed E-state index contributed by atoms with van der Waals surface area (Å²) >= 11 is 5.94. The van der Waals surface area contributed by atoms with Gasteiger partial charge in [-0.2, -0.15) is 0 Å². The molecule has 0 amide bonds. The lowest BCUT2D eigenvalue weighted by atomic mass is 10.2. The summed E-state index contributed by atoms with van der Waals surface area (Å²) in [6.07, 6.45) is 5.47. The molecule has 0 heterocycles. The summed E-state index contributed by atoms with van der Waals surface area (Å²) in [5.74, 6) is 0.678. The van der Waals surface area contributed by atoms with E-state index >= 15 is 0 Å². The second kappa shape index (κ2) is 12.1. The lowest BCUT2D eigenvalue weighted by molar-refractivity contribution is 0.161. The second-order valence-electron chi connectivity index (χ2n) is 5.77. The molecule has 0 spiro atoms. The monoisotopic (exact) mass is 342 g/mol. The van der Waals surface area contributed by atoms with Gasteiger partial charge in [-0.1, -0.05) is 57.0 Å². The van der Waals surface area contributed by atoms with Gasteiger partial charge < -0.3 is 8.85 Å². The molecule has 22 heavy (non-hydrogen) atoms. The number of benzene rings is 1. The number of alkyl halides is 1. The molecule has 1 rings (SSSR count). The molecule has 0 aliphatic heterocycles. The number of rotatable bonds is 13. The Morgan fingerprint density at radius 3 is 2.00 bits per heavy atom. The molecule has 0 aliphatic rings. The van der Waals surface area contributed by atoms with Gasteiger partial charge in [0.15, 0.2) is 0 Å². The fourth-order valence-electron chi connectivity index (χ4n) is 2.42. The van der Waals surface area contributed by atoms with Gasteiger partial charge in [0.05, 0.1) is 0 Å². The zero-order chi connectivity index (χ0) is 16.1. The first-order valence-electron chi connectivity index (χ1n) is 8.64. The van der Waals surface area contributed by atoms with Crippen LogP contribution in [0.3, 0.4) is 0 Å². The molecule has 0 bridgehead atoms. The minimum atomic E-state index is -2.22. The summed E-state index contributed by atoms with van der Waals surface area (Å²) in [5.41, 5.74) is 1.32. The molecular formula is C18H31ClO2Si. The quantitative estimate of drug-likeness (QED) is 0.269. The van der Waals surface area contributed by atoms with Crippen LogP contribution >= 0.6 is 11.6 Å². The van der Waals surface area contributed by atoms with E-state index in [0.717, 1.165) is 57.4 Å². The Bertz CT molecular complexity index is 363. The molecule has 0 unspecified atom stereocenters. The average Bonchev–Trinajstić information content (AvgIpc) is 2.54. The predicted molar refractivity (Wildman–Crippen MR) is 97.8 cm³/mol. The van der Waals surface area contributed by atoms with Crippen molar-refractivity contribution >= 4 is 20.2 Å². The minimum absolute atomic E-state index is 0.678. The first kappa shape index (κ1) is 19.7. The Hall–Kier alpha value is -0.353. The van der Waals surface area contributed by atoms with Crippen LogP contribution in [0.5, 0.6) is 0 Å². The van der Waals surface area contributed by atoms with Crippen molar-refractivity contribution in [3.05, 3.63) is 35.9 Å². The molecule has 0 fully saturated rings. The smallest absolute Gasteiger partial charge is 0.342 e. The number of unbranched alkanes of at least 4 members (excludes halogenated alkanes) is 2. The Morgan fingerprint density at radius 2 is 1.50 bits per heavy atom. The molecule has 2 nitrogen and oxygen atoms in total. The van der Waals surface area contributed by atoms with Gasteiger partial charge in [-0.15, -0.1) is 11.6 Å². The van der Waals surface area contributed by atoms with Crippen LogP contribution < -0.4 is 0 Å². The third-order valence-corrected chi connectivity index (χ3v) is 7.52. The normalized spacial score (nSPS) is 11.8. The molecule has 1 aromatic carbocycles. The molecule has 0 saturated carbocycles. The maximum Gasteiger partial charge on any atom is 0.342 e. The van der Waals surface area contributed by atoms with Crippen molar-refractivity contribution in [1.29, 1.82) is 0 Å². The first-order valence-corrected chi connectivity index (χ1v) is 11.4. The van der Waals surface area contributed by atoms with E-state index in [4.69, 9.17) is 20.5 Å². The van der Waals surface area contributed by atoms with Crippen LogP contribution in [0.1, 0.15) is 51.5 Å². The van der Waals surface area contributed by atoms with Crippen LogP contribution in [0.15, 0.2) is 30.3 Å². The SMILES string of the molecule is CCCCO[Si](CCCCl)(Cc1ccccc1)OCCCC. The third-order valence-electron chi connectivity index (χ3n) is 3.73. The van der Waals surface area contributed by atoms with Crippen molar-refractivity contribution in [2.75, 3.05) is 19.1 Å². The van der Waals surface area contributed by atoms with Crippen LogP contribution in [0.4, 0.5) is 0 Å². The highest BCUT2D eigenvalue weighted by molar-refractivity contribution is 6.67. The average molecular weight is 343 g/mol. The number of hydrogen-bond acceptors (Lipinski definition) is 2. The van der Waals surface area contributed by atoms with E-state index in [1.807, 2.05) is 0 Å². The minimum Gasteiger partial charge on any atom is -0.394 e. The van der Waals surface area contributed by atoms with Gasteiger partial charge in [-0.25, -0.2) is 0 Å². The van der Waals surface area contributed by atoms with E-state index in [1.165, 1.54) is 5.56 Å². The summed E-state index contributed by atoms with van der Waals surface area (Å²) in [7, 11) is -2.22. The highest BCUT2D eigenvalue weighted by Gasteiger charge is 2.37. The van der Waals surface area contributed by atoms with Gasteiger partial charge in [0.1, 0.15) is 0 Å². The lowest BCUT2D eigenvalue weighted by Gasteiger charge is -2.31. The van der Waals surface area contributed by atoms with Gasteiger partial charge in [0, 0.05) is 25.1 Å². The summed E-state index contributed by atoms with van der Waals surface area (Å²) in [6.45, 7) is 6.01. The van der Waals surface area contributed by atoms with Crippen molar-refractivity contribution in [3.8, 4) is 0 Å². The van der Waals surface area contributed by atoms with Crippen LogP contribution in [0, 0.1) is 0 Å². The molecule has 0 radical (unpaired) electrons. The Balaban J connectivity index is 2.79. The van der Waals surface area contributed by atoms with Gasteiger partial charge in [0.25, 0.3) is 0 Å². The van der Waals surface area contributed by atoms with E-state index in [2.05, 4.69) is 44.2 Å². The maximum absolute atomic E-state index is 6.38. The zero-order valence-corrected chi connectivity index (χ0v) is 15.9. The molecule has 0 aromatic heterocycles. The number of hydrogen-bond donors (Lipinski definition) is 0. The number of halogens is 1. The van der Waals surface area contributed by atoms with Crippen molar-refractivity contribution in [3.63, 3.8) is 0 Å². The van der Waals surface area contributed by atoms with E-state index in [-0.39, 0.29) is 0 Å². The van der Waals surface area contributed by atoms with Crippen molar-refractivity contribution in [2.45, 2.75) is 58.0 Å². The lowest BCUT2D eigenvalue weighted by Crippen LogP contribution is -2.45. The highest BCUT2D eigenvalue weighted by atomic mass is 35.5. The van der Waals surface area contributed by atoms with Gasteiger partial charge in [-0.05, 0) is 30.9 Å². The third kappa shape index (κ3) is 7.77. The fourth-order valence-corrected chi connectivity index (χ4v) is 6.14. The molecule has 0 atom stereocenters. The van der Waals surface area contributed by atoms with Crippen LogP contribution in [0.25, 0.3) is 0 Å². The maximum atomic E-state index is 6.38.